The summed E-state index contributed by atoms with van der Waals surface area (Å²) in [5.74, 6) is -3.33. The van der Waals surface area contributed by atoms with E-state index in [2.05, 4.69) is 4.98 Å². The van der Waals surface area contributed by atoms with Crippen molar-refractivity contribution in [1.29, 1.82) is 0 Å². The lowest BCUT2D eigenvalue weighted by Crippen LogP contribution is -2.50. The van der Waals surface area contributed by atoms with Crippen molar-refractivity contribution < 1.29 is 30.7 Å². The van der Waals surface area contributed by atoms with Crippen LogP contribution in [0.4, 0.5) is 36.7 Å². The number of aromatic nitrogens is 2. The predicted molar refractivity (Wildman–Crippen MR) is 99.9 cm³/mol. The van der Waals surface area contributed by atoms with Gasteiger partial charge in [0.15, 0.2) is 11.6 Å². The summed E-state index contributed by atoms with van der Waals surface area (Å²) in [6, 6.07) is 3.05. The second kappa shape index (κ2) is 7.70. The van der Waals surface area contributed by atoms with Gasteiger partial charge in [0, 0.05) is 25.2 Å². The molecule has 2 N–H and O–H groups in total. The number of nitrogens with zero attached hydrogens (tertiary/aromatic N) is 3. The van der Waals surface area contributed by atoms with Crippen molar-refractivity contribution in [3.63, 3.8) is 0 Å². The van der Waals surface area contributed by atoms with E-state index in [4.69, 9.17) is 5.73 Å². The number of hydrogen-bond donors (Lipinski definition) is 1. The molecule has 2 aromatic carbocycles. The SMILES string of the molecule is N[C@@H]1CN(c2nc3cc(F)c(F)cc3n2Cc2ccc(F)cc2C(F)(F)F)CC[C@H]1F. The summed E-state index contributed by atoms with van der Waals surface area (Å²) in [7, 11) is 0. The van der Waals surface area contributed by atoms with Gasteiger partial charge in [-0.25, -0.2) is 22.5 Å². The number of fused-ring (bicyclic) bond motifs is 1. The van der Waals surface area contributed by atoms with Crippen molar-refractivity contribution in [2.24, 2.45) is 5.73 Å². The third kappa shape index (κ3) is 4.06. The predicted octanol–water partition coefficient (Wildman–Crippen LogP) is 4.40. The van der Waals surface area contributed by atoms with E-state index in [-0.39, 0.29) is 42.1 Å². The normalized spacial score (nSPS) is 19.9. The molecule has 2 heterocycles. The second-order valence-corrected chi connectivity index (χ2v) is 7.47. The van der Waals surface area contributed by atoms with Crippen LogP contribution in [0.25, 0.3) is 11.0 Å². The summed E-state index contributed by atoms with van der Waals surface area (Å²) in [6.45, 7) is -0.263. The molecule has 0 bridgehead atoms. The third-order valence-corrected chi connectivity index (χ3v) is 5.33. The molecule has 0 unspecified atom stereocenters. The minimum Gasteiger partial charge on any atom is -0.340 e. The molecule has 0 aliphatic carbocycles. The van der Waals surface area contributed by atoms with E-state index in [1.165, 1.54) is 4.57 Å². The van der Waals surface area contributed by atoms with E-state index in [0.29, 0.717) is 6.07 Å². The Balaban J connectivity index is 1.86. The van der Waals surface area contributed by atoms with Crippen LogP contribution in [-0.4, -0.2) is 34.9 Å². The smallest absolute Gasteiger partial charge is 0.340 e. The van der Waals surface area contributed by atoms with Crippen LogP contribution in [0, 0.1) is 17.5 Å². The first-order valence-corrected chi connectivity index (χ1v) is 9.40. The molecule has 1 aromatic heterocycles. The van der Waals surface area contributed by atoms with Crippen LogP contribution in [0.1, 0.15) is 17.5 Å². The Labute approximate surface area is 172 Å². The molecule has 2 atom stereocenters. The minimum absolute atomic E-state index is 0.0144. The topological polar surface area (TPSA) is 47.1 Å². The zero-order valence-electron chi connectivity index (χ0n) is 15.9. The molecule has 0 spiro atoms. The Hall–Kier alpha value is -2.82. The summed E-state index contributed by atoms with van der Waals surface area (Å²) < 4.78 is 96.6. The number of piperidine rings is 1. The van der Waals surface area contributed by atoms with E-state index in [9.17, 15) is 30.7 Å². The van der Waals surface area contributed by atoms with Crippen molar-refractivity contribution in [1.82, 2.24) is 9.55 Å². The van der Waals surface area contributed by atoms with Crippen molar-refractivity contribution in [3.05, 3.63) is 58.9 Å². The second-order valence-electron chi connectivity index (χ2n) is 7.47. The van der Waals surface area contributed by atoms with Crippen molar-refractivity contribution >= 4 is 17.0 Å². The average molecular weight is 446 g/mol. The average Bonchev–Trinajstić information content (AvgIpc) is 3.02. The van der Waals surface area contributed by atoms with Crippen molar-refractivity contribution in [2.75, 3.05) is 18.0 Å². The Morgan fingerprint density at radius 1 is 1.06 bits per heavy atom. The Morgan fingerprint density at radius 3 is 2.45 bits per heavy atom. The fourth-order valence-electron chi connectivity index (χ4n) is 3.76. The number of halogens is 7. The monoisotopic (exact) mass is 446 g/mol. The Kier molecular flexibility index (Phi) is 5.32. The molecule has 4 rings (SSSR count). The quantitative estimate of drug-likeness (QED) is 0.607. The van der Waals surface area contributed by atoms with E-state index in [0.717, 1.165) is 24.3 Å². The third-order valence-electron chi connectivity index (χ3n) is 5.33. The first-order chi connectivity index (χ1) is 14.5. The van der Waals surface area contributed by atoms with Crippen LogP contribution in [0.15, 0.2) is 30.3 Å². The van der Waals surface area contributed by atoms with Crippen LogP contribution in [-0.2, 0) is 12.7 Å². The molecule has 1 aliphatic heterocycles. The van der Waals surface area contributed by atoms with E-state index in [1.54, 1.807) is 4.90 Å². The largest absolute Gasteiger partial charge is 0.416 e. The van der Waals surface area contributed by atoms with Crippen LogP contribution in [0.3, 0.4) is 0 Å². The molecule has 1 fully saturated rings. The summed E-state index contributed by atoms with van der Waals surface area (Å²) in [4.78, 5) is 5.82. The highest BCUT2D eigenvalue weighted by Crippen LogP contribution is 2.35. The molecule has 4 nitrogen and oxygen atoms in total. The molecular formula is C20H17F7N4. The summed E-state index contributed by atoms with van der Waals surface area (Å²) >= 11 is 0. The summed E-state index contributed by atoms with van der Waals surface area (Å²) in [5.41, 5.74) is 4.36. The number of imidazole rings is 1. The van der Waals surface area contributed by atoms with Crippen LogP contribution >= 0.6 is 0 Å². The maximum atomic E-state index is 13.9. The molecule has 31 heavy (non-hydrogen) atoms. The van der Waals surface area contributed by atoms with Crippen LogP contribution in [0.5, 0.6) is 0 Å². The first-order valence-electron chi connectivity index (χ1n) is 9.40. The molecule has 0 saturated carbocycles. The fourth-order valence-corrected chi connectivity index (χ4v) is 3.76. The maximum absolute atomic E-state index is 13.9. The Morgan fingerprint density at radius 2 is 1.77 bits per heavy atom. The van der Waals surface area contributed by atoms with Crippen molar-refractivity contribution in [3.8, 4) is 0 Å². The molecule has 1 aliphatic rings. The summed E-state index contributed by atoms with van der Waals surface area (Å²) in [6.07, 6.45) is -6.02. The number of nitrogens with two attached hydrogens (primary N) is 1. The number of benzene rings is 2. The molecule has 3 aromatic rings. The molecule has 166 valence electrons. The Bertz CT molecular complexity index is 1120. The lowest BCUT2D eigenvalue weighted by molar-refractivity contribution is -0.138. The molecule has 0 radical (unpaired) electrons. The van der Waals surface area contributed by atoms with Gasteiger partial charge in [-0.15, -0.1) is 0 Å². The van der Waals surface area contributed by atoms with Crippen LogP contribution in [0.2, 0.25) is 0 Å². The highest BCUT2D eigenvalue weighted by atomic mass is 19.4. The molecule has 0 amide bonds. The number of rotatable bonds is 3. The molecule has 11 heteroatoms. The van der Waals surface area contributed by atoms with Gasteiger partial charge in [-0.05, 0) is 24.1 Å². The van der Waals surface area contributed by atoms with E-state index < -0.39 is 47.9 Å². The standard InChI is InChI=1S/C20H17F7N4/c21-11-2-1-10(12(5-11)20(25,26)27)8-31-18-7-15(24)14(23)6-17(18)29-19(31)30-4-3-13(22)16(28)9-30/h1-2,5-7,13,16H,3-4,8-9,28H2/t13-,16-/m1/s1. The van der Waals surface area contributed by atoms with Crippen molar-refractivity contribution in [2.45, 2.75) is 31.4 Å². The minimum atomic E-state index is -4.83. The van der Waals surface area contributed by atoms with Gasteiger partial charge in [0.25, 0.3) is 0 Å². The van der Waals surface area contributed by atoms with E-state index in [1.807, 2.05) is 0 Å². The molecule has 1 saturated heterocycles. The fraction of sp³-hybridized carbons (Fsp3) is 0.350. The summed E-state index contributed by atoms with van der Waals surface area (Å²) in [5, 5.41) is 0. The van der Waals surface area contributed by atoms with Gasteiger partial charge >= 0.3 is 6.18 Å². The van der Waals surface area contributed by atoms with Gasteiger partial charge in [0.2, 0.25) is 5.95 Å². The zero-order valence-corrected chi connectivity index (χ0v) is 15.9. The van der Waals surface area contributed by atoms with Crippen LogP contribution < -0.4 is 10.6 Å². The zero-order chi connectivity index (χ0) is 22.5. The lowest BCUT2D eigenvalue weighted by atomic mass is 10.0. The van der Waals surface area contributed by atoms with Gasteiger partial charge in [0.1, 0.15) is 12.0 Å². The van der Waals surface area contributed by atoms with Gasteiger partial charge in [-0.2, -0.15) is 13.2 Å². The first kappa shape index (κ1) is 21.4. The van der Waals surface area contributed by atoms with Gasteiger partial charge < -0.3 is 15.2 Å². The maximum Gasteiger partial charge on any atom is 0.416 e. The molecular weight excluding hydrogens is 429 g/mol. The number of anilines is 1. The van der Waals surface area contributed by atoms with E-state index >= 15 is 0 Å². The highest BCUT2D eigenvalue weighted by Gasteiger charge is 2.35. The number of alkyl halides is 4. The van der Waals surface area contributed by atoms with Gasteiger partial charge in [0.05, 0.1) is 29.2 Å². The van der Waals surface area contributed by atoms with Gasteiger partial charge in [-0.1, -0.05) is 6.07 Å². The van der Waals surface area contributed by atoms with Gasteiger partial charge in [-0.3, -0.25) is 0 Å². The lowest BCUT2D eigenvalue weighted by Gasteiger charge is -2.34. The number of hydrogen-bond acceptors (Lipinski definition) is 3. The highest BCUT2D eigenvalue weighted by molar-refractivity contribution is 5.79.